The standard InChI is InChI=1S/C23H29NO4/c1-4-5-11-24-19-13-23(2,3)14-20(25)17(19)12-18(21(24)26)22(27)28-15-16-9-7-6-8-10-16/h6-10,18H,4-5,11-15H2,1-3H3. The number of hydrogen-bond donors (Lipinski definition) is 0. The summed E-state index contributed by atoms with van der Waals surface area (Å²) in [4.78, 5) is 40.3. The van der Waals surface area contributed by atoms with E-state index in [1.54, 1.807) is 4.90 Å². The van der Waals surface area contributed by atoms with E-state index in [1.807, 2.05) is 30.3 Å². The fourth-order valence-corrected chi connectivity index (χ4v) is 4.00. The summed E-state index contributed by atoms with van der Waals surface area (Å²) in [6.45, 7) is 6.84. The summed E-state index contributed by atoms with van der Waals surface area (Å²) in [7, 11) is 0. The van der Waals surface area contributed by atoms with Crippen molar-refractivity contribution in [3.8, 4) is 0 Å². The normalized spacial score (nSPS) is 21.5. The van der Waals surface area contributed by atoms with Gasteiger partial charge in [0, 0.05) is 24.2 Å². The van der Waals surface area contributed by atoms with E-state index in [0.29, 0.717) is 25.0 Å². The van der Waals surface area contributed by atoms with Crippen LogP contribution in [0.3, 0.4) is 0 Å². The molecule has 3 rings (SSSR count). The van der Waals surface area contributed by atoms with Gasteiger partial charge >= 0.3 is 5.97 Å². The summed E-state index contributed by atoms with van der Waals surface area (Å²) >= 11 is 0. The molecule has 0 spiro atoms. The Morgan fingerprint density at radius 1 is 1.18 bits per heavy atom. The van der Waals surface area contributed by atoms with Crippen LogP contribution in [0.4, 0.5) is 0 Å². The first-order valence-electron chi connectivity index (χ1n) is 10.1. The largest absolute Gasteiger partial charge is 0.460 e. The van der Waals surface area contributed by atoms with Crippen molar-refractivity contribution in [2.24, 2.45) is 11.3 Å². The molecule has 1 aromatic carbocycles. The van der Waals surface area contributed by atoms with Crippen LogP contribution in [0.2, 0.25) is 0 Å². The molecule has 1 aliphatic heterocycles. The van der Waals surface area contributed by atoms with Gasteiger partial charge in [-0.3, -0.25) is 14.4 Å². The molecule has 5 heteroatoms. The fraction of sp³-hybridized carbons (Fsp3) is 0.522. The molecule has 2 aliphatic rings. The van der Waals surface area contributed by atoms with Gasteiger partial charge in [-0.05, 0) is 30.2 Å². The SMILES string of the molecule is CCCCN1C(=O)C(C(=O)OCc2ccccc2)CC2=C1CC(C)(C)CC2=O. The molecular weight excluding hydrogens is 354 g/mol. The predicted molar refractivity (Wildman–Crippen MR) is 106 cm³/mol. The van der Waals surface area contributed by atoms with Gasteiger partial charge in [-0.25, -0.2) is 0 Å². The first-order valence-corrected chi connectivity index (χ1v) is 10.1. The number of rotatable bonds is 6. The van der Waals surface area contributed by atoms with Crippen LogP contribution in [0, 0.1) is 11.3 Å². The second-order valence-corrected chi connectivity index (χ2v) is 8.56. The van der Waals surface area contributed by atoms with Crippen LogP contribution in [0.1, 0.15) is 58.4 Å². The lowest BCUT2D eigenvalue weighted by Gasteiger charge is -2.41. The molecule has 1 heterocycles. The van der Waals surface area contributed by atoms with Crippen molar-refractivity contribution >= 4 is 17.7 Å². The zero-order chi connectivity index (χ0) is 20.3. The van der Waals surface area contributed by atoms with Gasteiger partial charge in [-0.15, -0.1) is 0 Å². The number of amides is 1. The Labute approximate surface area is 166 Å². The molecule has 0 saturated carbocycles. The topological polar surface area (TPSA) is 63.7 Å². The number of ketones is 1. The van der Waals surface area contributed by atoms with Crippen molar-refractivity contribution in [1.82, 2.24) is 4.90 Å². The van der Waals surface area contributed by atoms with E-state index in [9.17, 15) is 14.4 Å². The van der Waals surface area contributed by atoms with E-state index in [1.165, 1.54) is 0 Å². The Morgan fingerprint density at radius 3 is 2.57 bits per heavy atom. The van der Waals surface area contributed by atoms with Crippen LogP contribution in [-0.4, -0.2) is 29.1 Å². The summed E-state index contributed by atoms with van der Waals surface area (Å²) in [6, 6.07) is 9.39. The number of carbonyl (C=O) groups excluding carboxylic acids is 3. The van der Waals surface area contributed by atoms with Crippen LogP contribution in [0.5, 0.6) is 0 Å². The minimum atomic E-state index is -0.926. The number of allylic oxidation sites excluding steroid dienone is 2. The number of benzene rings is 1. The Morgan fingerprint density at radius 2 is 1.89 bits per heavy atom. The summed E-state index contributed by atoms with van der Waals surface area (Å²) in [5, 5.41) is 0. The van der Waals surface area contributed by atoms with Crippen molar-refractivity contribution < 1.29 is 19.1 Å². The van der Waals surface area contributed by atoms with Crippen molar-refractivity contribution in [2.45, 2.75) is 59.5 Å². The summed E-state index contributed by atoms with van der Waals surface area (Å²) < 4.78 is 5.43. The summed E-state index contributed by atoms with van der Waals surface area (Å²) in [6.07, 6.45) is 3.08. The molecule has 1 atom stereocenters. The molecule has 1 aliphatic carbocycles. The van der Waals surface area contributed by atoms with Crippen LogP contribution in [-0.2, 0) is 25.7 Å². The van der Waals surface area contributed by atoms with Crippen LogP contribution in [0.25, 0.3) is 0 Å². The van der Waals surface area contributed by atoms with Crippen molar-refractivity contribution in [3.05, 3.63) is 47.2 Å². The van der Waals surface area contributed by atoms with Crippen LogP contribution < -0.4 is 0 Å². The first-order chi connectivity index (χ1) is 13.3. The Balaban J connectivity index is 1.82. The average Bonchev–Trinajstić information content (AvgIpc) is 2.65. The maximum Gasteiger partial charge on any atom is 0.319 e. The Kier molecular flexibility index (Phi) is 6.01. The molecule has 28 heavy (non-hydrogen) atoms. The molecule has 0 radical (unpaired) electrons. The highest BCUT2D eigenvalue weighted by molar-refractivity contribution is 6.06. The molecule has 0 fully saturated rings. The molecule has 0 bridgehead atoms. The zero-order valence-electron chi connectivity index (χ0n) is 17.0. The minimum Gasteiger partial charge on any atom is -0.460 e. The number of Topliss-reactive ketones (excluding diaryl/α,β-unsaturated/α-hetero) is 1. The monoisotopic (exact) mass is 383 g/mol. The quantitative estimate of drug-likeness (QED) is 0.550. The molecule has 5 nitrogen and oxygen atoms in total. The maximum atomic E-state index is 13.1. The smallest absolute Gasteiger partial charge is 0.319 e. The number of unbranched alkanes of at least 4 members (excludes halogenated alkanes) is 1. The van der Waals surface area contributed by atoms with Crippen molar-refractivity contribution in [2.75, 3.05) is 6.54 Å². The molecular formula is C23H29NO4. The van der Waals surface area contributed by atoms with Gasteiger partial charge in [-0.1, -0.05) is 57.5 Å². The number of ether oxygens (including phenoxy) is 1. The highest BCUT2D eigenvalue weighted by atomic mass is 16.5. The maximum absolute atomic E-state index is 13.1. The van der Waals surface area contributed by atoms with Gasteiger partial charge in [0.25, 0.3) is 0 Å². The minimum absolute atomic E-state index is 0.0566. The van der Waals surface area contributed by atoms with Crippen molar-refractivity contribution in [3.63, 3.8) is 0 Å². The summed E-state index contributed by atoms with van der Waals surface area (Å²) in [5.74, 6) is -1.64. The van der Waals surface area contributed by atoms with Gasteiger partial charge in [-0.2, -0.15) is 0 Å². The molecule has 1 aromatic rings. The molecule has 0 N–H and O–H groups in total. The van der Waals surface area contributed by atoms with E-state index in [2.05, 4.69) is 20.8 Å². The van der Waals surface area contributed by atoms with E-state index >= 15 is 0 Å². The lowest BCUT2D eigenvalue weighted by molar-refractivity contribution is -0.157. The fourth-order valence-electron chi connectivity index (χ4n) is 4.00. The third-order valence-corrected chi connectivity index (χ3v) is 5.51. The summed E-state index contributed by atoms with van der Waals surface area (Å²) in [5.41, 5.74) is 2.18. The Hall–Kier alpha value is -2.43. The average molecular weight is 383 g/mol. The number of carbonyl (C=O) groups is 3. The number of nitrogens with zero attached hydrogens (tertiary/aromatic N) is 1. The lowest BCUT2D eigenvalue weighted by Crippen LogP contribution is -2.47. The third kappa shape index (κ3) is 4.34. The first kappa shape index (κ1) is 20.3. The van der Waals surface area contributed by atoms with Gasteiger partial charge in [0.2, 0.25) is 5.91 Å². The van der Waals surface area contributed by atoms with E-state index in [4.69, 9.17) is 4.74 Å². The van der Waals surface area contributed by atoms with Gasteiger partial charge in [0.15, 0.2) is 5.78 Å². The Bertz CT molecular complexity index is 794. The van der Waals surface area contributed by atoms with E-state index < -0.39 is 11.9 Å². The second kappa shape index (κ2) is 8.29. The predicted octanol–water partition coefficient (Wildman–Crippen LogP) is 4.02. The van der Waals surface area contributed by atoms with Gasteiger partial charge in [0.1, 0.15) is 12.5 Å². The van der Waals surface area contributed by atoms with Gasteiger partial charge < -0.3 is 9.64 Å². The van der Waals surface area contributed by atoms with E-state index in [0.717, 1.165) is 24.1 Å². The van der Waals surface area contributed by atoms with Gasteiger partial charge in [0.05, 0.1) is 0 Å². The van der Waals surface area contributed by atoms with E-state index in [-0.39, 0.29) is 30.1 Å². The van der Waals surface area contributed by atoms with Crippen LogP contribution >= 0.6 is 0 Å². The second-order valence-electron chi connectivity index (χ2n) is 8.56. The molecule has 150 valence electrons. The molecule has 0 aromatic heterocycles. The van der Waals surface area contributed by atoms with Crippen LogP contribution in [0.15, 0.2) is 41.6 Å². The number of esters is 1. The molecule has 1 amide bonds. The third-order valence-electron chi connectivity index (χ3n) is 5.51. The molecule has 1 unspecified atom stereocenters. The van der Waals surface area contributed by atoms with Crippen molar-refractivity contribution in [1.29, 1.82) is 0 Å². The lowest BCUT2D eigenvalue weighted by atomic mass is 9.72. The number of hydrogen-bond acceptors (Lipinski definition) is 4. The highest BCUT2D eigenvalue weighted by Crippen LogP contribution is 2.43. The highest BCUT2D eigenvalue weighted by Gasteiger charge is 2.45. The zero-order valence-corrected chi connectivity index (χ0v) is 17.0. The molecule has 0 saturated heterocycles.